The molecule has 2 N–H and O–H groups in total. The SMILES string of the molecule is Cc1ccccc1NC(=O)CSc1nc(-c2cccc(Cl)c2)nc2cc(=O)[nH]n12. The second-order valence-corrected chi connectivity index (χ2v) is 7.68. The third-order valence-electron chi connectivity index (χ3n) is 4.16. The van der Waals surface area contributed by atoms with Crippen molar-refractivity contribution in [2.75, 3.05) is 11.1 Å². The van der Waals surface area contributed by atoms with Crippen LogP contribution >= 0.6 is 23.4 Å². The van der Waals surface area contributed by atoms with Crippen molar-refractivity contribution in [1.29, 1.82) is 0 Å². The molecule has 0 fully saturated rings. The van der Waals surface area contributed by atoms with Crippen molar-refractivity contribution in [3.63, 3.8) is 0 Å². The van der Waals surface area contributed by atoms with Crippen LogP contribution in [0.4, 0.5) is 5.69 Å². The van der Waals surface area contributed by atoms with Crippen molar-refractivity contribution < 1.29 is 4.79 Å². The molecule has 0 saturated carbocycles. The van der Waals surface area contributed by atoms with Crippen molar-refractivity contribution in [2.24, 2.45) is 0 Å². The summed E-state index contributed by atoms with van der Waals surface area (Å²) < 4.78 is 1.47. The molecule has 0 bridgehead atoms. The number of para-hydroxylation sites is 1. The average molecular weight is 426 g/mol. The third-order valence-corrected chi connectivity index (χ3v) is 5.33. The number of amides is 1. The molecule has 0 radical (unpaired) electrons. The Labute approximate surface area is 175 Å². The number of carbonyl (C=O) groups excluding carboxylic acids is 1. The van der Waals surface area contributed by atoms with Gasteiger partial charge in [0.05, 0.1) is 5.75 Å². The van der Waals surface area contributed by atoms with E-state index in [1.165, 1.54) is 22.3 Å². The highest BCUT2D eigenvalue weighted by Gasteiger charge is 2.14. The molecule has 0 unspecified atom stereocenters. The maximum absolute atomic E-state index is 12.4. The summed E-state index contributed by atoms with van der Waals surface area (Å²) in [6.45, 7) is 1.93. The summed E-state index contributed by atoms with van der Waals surface area (Å²) in [5.41, 5.74) is 2.59. The number of thioether (sulfide) groups is 1. The molecular formula is C20H16ClN5O2S. The van der Waals surface area contributed by atoms with Crippen LogP contribution in [0.1, 0.15) is 5.56 Å². The summed E-state index contributed by atoms with van der Waals surface area (Å²) in [4.78, 5) is 33.2. The maximum atomic E-state index is 12.4. The molecule has 0 aliphatic rings. The summed E-state index contributed by atoms with van der Waals surface area (Å²) in [6, 6.07) is 16.1. The fourth-order valence-electron chi connectivity index (χ4n) is 2.77. The molecule has 2 aromatic heterocycles. The quantitative estimate of drug-likeness (QED) is 0.475. The Hall–Kier alpha value is -3.10. The average Bonchev–Trinajstić information content (AvgIpc) is 3.08. The Morgan fingerprint density at radius 3 is 2.79 bits per heavy atom. The minimum absolute atomic E-state index is 0.121. The fourth-order valence-corrected chi connectivity index (χ4v) is 3.71. The van der Waals surface area contributed by atoms with E-state index >= 15 is 0 Å². The molecule has 0 aliphatic carbocycles. The van der Waals surface area contributed by atoms with Crippen molar-refractivity contribution >= 4 is 40.6 Å². The van der Waals surface area contributed by atoms with Gasteiger partial charge in [-0.3, -0.25) is 14.7 Å². The Balaban J connectivity index is 1.61. The fraction of sp³-hybridized carbons (Fsp3) is 0.100. The van der Waals surface area contributed by atoms with Gasteiger partial charge in [0, 0.05) is 22.3 Å². The highest BCUT2D eigenvalue weighted by molar-refractivity contribution is 7.99. The third kappa shape index (κ3) is 4.33. The summed E-state index contributed by atoms with van der Waals surface area (Å²) in [5.74, 6) is 0.374. The Morgan fingerprint density at radius 2 is 2.00 bits per heavy atom. The monoisotopic (exact) mass is 425 g/mol. The number of aromatic amines is 1. The second kappa shape index (κ2) is 8.10. The number of anilines is 1. The van der Waals surface area contributed by atoms with Crippen LogP contribution in [0.3, 0.4) is 0 Å². The van der Waals surface area contributed by atoms with Gasteiger partial charge in [0.15, 0.2) is 16.6 Å². The molecule has 0 atom stereocenters. The van der Waals surface area contributed by atoms with E-state index in [0.29, 0.717) is 21.7 Å². The molecule has 4 aromatic rings. The molecular weight excluding hydrogens is 410 g/mol. The minimum Gasteiger partial charge on any atom is -0.325 e. The number of nitrogens with one attached hydrogen (secondary N) is 2. The van der Waals surface area contributed by atoms with Gasteiger partial charge in [-0.15, -0.1) is 0 Å². The van der Waals surface area contributed by atoms with Gasteiger partial charge < -0.3 is 5.32 Å². The number of nitrogens with zero attached hydrogens (tertiary/aromatic N) is 3. The van der Waals surface area contributed by atoms with Crippen LogP contribution in [0.15, 0.2) is 64.5 Å². The zero-order valence-electron chi connectivity index (χ0n) is 15.3. The Kier molecular flexibility index (Phi) is 5.37. The lowest BCUT2D eigenvalue weighted by atomic mass is 10.2. The van der Waals surface area contributed by atoms with E-state index in [2.05, 4.69) is 20.4 Å². The standard InChI is InChI=1S/C20H16ClN5O2S/c1-12-5-2-3-8-15(12)22-18(28)11-29-20-24-19(13-6-4-7-14(21)9-13)23-16-10-17(27)25-26(16)20/h2-10H,11H2,1H3,(H,22,28)(H,25,27). The zero-order valence-corrected chi connectivity index (χ0v) is 16.9. The highest BCUT2D eigenvalue weighted by Crippen LogP contribution is 2.24. The predicted molar refractivity (Wildman–Crippen MR) is 115 cm³/mol. The van der Waals surface area contributed by atoms with E-state index < -0.39 is 0 Å². The molecule has 0 saturated heterocycles. The van der Waals surface area contributed by atoms with E-state index in [9.17, 15) is 9.59 Å². The van der Waals surface area contributed by atoms with E-state index in [1.54, 1.807) is 18.2 Å². The largest absolute Gasteiger partial charge is 0.325 e. The van der Waals surface area contributed by atoms with Gasteiger partial charge in [-0.2, -0.15) is 0 Å². The molecule has 0 spiro atoms. The molecule has 0 aliphatic heterocycles. The first kappa shape index (κ1) is 19.2. The van der Waals surface area contributed by atoms with Gasteiger partial charge in [0.2, 0.25) is 5.91 Å². The van der Waals surface area contributed by atoms with Gasteiger partial charge in [-0.05, 0) is 30.7 Å². The van der Waals surface area contributed by atoms with Gasteiger partial charge in [0.25, 0.3) is 5.56 Å². The number of halogens is 1. The summed E-state index contributed by atoms with van der Waals surface area (Å²) in [7, 11) is 0. The normalized spacial score (nSPS) is 11.0. The van der Waals surface area contributed by atoms with E-state index in [1.807, 2.05) is 37.3 Å². The lowest BCUT2D eigenvalue weighted by Gasteiger charge is -2.09. The molecule has 4 rings (SSSR count). The van der Waals surface area contributed by atoms with Gasteiger partial charge in [-0.1, -0.05) is 53.7 Å². The molecule has 2 aromatic carbocycles. The van der Waals surface area contributed by atoms with Gasteiger partial charge in [-0.25, -0.2) is 14.5 Å². The molecule has 7 nitrogen and oxygen atoms in total. The summed E-state index contributed by atoms with van der Waals surface area (Å²) in [6.07, 6.45) is 0. The number of carbonyl (C=O) groups is 1. The van der Waals surface area contributed by atoms with Crippen LogP contribution in [-0.4, -0.2) is 31.2 Å². The molecule has 1 amide bonds. The van der Waals surface area contributed by atoms with Crippen LogP contribution in [0.2, 0.25) is 5.02 Å². The maximum Gasteiger partial charge on any atom is 0.266 e. The lowest BCUT2D eigenvalue weighted by Crippen LogP contribution is -2.15. The number of fused-ring (bicyclic) bond motifs is 1. The number of aryl methyl sites for hydroxylation is 1. The first-order chi connectivity index (χ1) is 14.0. The first-order valence-corrected chi connectivity index (χ1v) is 10.1. The van der Waals surface area contributed by atoms with Crippen molar-refractivity contribution in [1.82, 2.24) is 19.6 Å². The van der Waals surface area contributed by atoms with E-state index in [-0.39, 0.29) is 17.2 Å². The summed E-state index contributed by atoms with van der Waals surface area (Å²) >= 11 is 7.28. The second-order valence-electron chi connectivity index (χ2n) is 6.31. The number of rotatable bonds is 5. The lowest BCUT2D eigenvalue weighted by molar-refractivity contribution is -0.113. The number of benzene rings is 2. The van der Waals surface area contributed by atoms with Crippen molar-refractivity contribution in [2.45, 2.75) is 12.1 Å². The first-order valence-electron chi connectivity index (χ1n) is 8.73. The van der Waals surface area contributed by atoms with E-state index in [4.69, 9.17) is 11.6 Å². The minimum atomic E-state index is -0.297. The van der Waals surface area contributed by atoms with Crippen molar-refractivity contribution in [3.8, 4) is 11.4 Å². The van der Waals surface area contributed by atoms with Crippen LogP contribution in [-0.2, 0) is 4.79 Å². The molecule has 9 heteroatoms. The molecule has 2 heterocycles. The smallest absolute Gasteiger partial charge is 0.266 e. The van der Waals surface area contributed by atoms with Crippen LogP contribution < -0.4 is 10.9 Å². The van der Waals surface area contributed by atoms with Crippen LogP contribution in [0.5, 0.6) is 0 Å². The zero-order chi connectivity index (χ0) is 20.4. The molecule has 29 heavy (non-hydrogen) atoms. The van der Waals surface area contributed by atoms with E-state index in [0.717, 1.165) is 16.8 Å². The number of hydrogen-bond acceptors (Lipinski definition) is 5. The number of H-pyrrole nitrogens is 1. The number of hydrogen-bond donors (Lipinski definition) is 2. The van der Waals surface area contributed by atoms with Crippen LogP contribution in [0.25, 0.3) is 17.0 Å². The Bertz CT molecular complexity index is 1270. The predicted octanol–water partition coefficient (Wildman–Crippen LogP) is 3.78. The molecule has 146 valence electrons. The van der Waals surface area contributed by atoms with Gasteiger partial charge >= 0.3 is 0 Å². The van der Waals surface area contributed by atoms with Gasteiger partial charge in [0.1, 0.15) is 0 Å². The highest BCUT2D eigenvalue weighted by atomic mass is 35.5. The Morgan fingerprint density at radius 1 is 1.17 bits per heavy atom. The van der Waals surface area contributed by atoms with Crippen LogP contribution in [0, 0.1) is 6.92 Å². The summed E-state index contributed by atoms with van der Waals surface area (Å²) in [5, 5.41) is 6.55. The van der Waals surface area contributed by atoms with Crippen molar-refractivity contribution in [3.05, 3.63) is 75.5 Å². The topological polar surface area (TPSA) is 92.2 Å². The number of aromatic nitrogens is 4.